The summed E-state index contributed by atoms with van der Waals surface area (Å²) in [6, 6.07) is 3.02. The Morgan fingerprint density at radius 3 is 2.29 bits per heavy atom. The maximum atomic E-state index is 12.1. The molecule has 0 N–H and O–H groups in total. The van der Waals surface area contributed by atoms with Crippen molar-refractivity contribution in [1.29, 1.82) is 0 Å². The molecule has 2 rings (SSSR count). The van der Waals surface area contributed by atoms with E-state index in [9.17, 15) is 13.2 Å². The van der Waals surface area contributed by atoms with Crippen molar-refractivity contribution in [2.75, 3.05) is 6.61 Å². The molecule has 1 aromatic heterocycles. The first-order valence-corrected chi connectivity index (χ1v) is 6.51. The molecule has 0 aliphatic carbocycles. The molecule has 0 atom stereocenters. The van der Waals surface area contributed by atoms with Gasteiger partial charge in [-0.25, -0.2) is 4.98 Å². The Balaban J connectivity index is 2.12. The van der Waals surface area contributed by atoms with E-state index in [4.69, 9.17) is 9.31 Å². The number of ether oxygens (including phenoxy) is 1. The summed E-state index contributed by atoms with van der Waals surface area (Å²) in [6.07, 6.45) is -3.03. The quantitative estimate of drug-likeness (QED) is 0.804. The lowest BCUT2D eigenvalue weighted by Gasteiger charge is -2.32. The van der Waals surface area contributed by atoms with E-state index in [2.05, 4.69) is 9.72 Å². The molecule has 1 aliphatic heterocycles. The number of pyridine rings is 1. The molecule has 0 spiro atoms. The second-order valence-corrected chi connectivity index (χ2v) is 5.92. The third kappa shape index (κ3) is 3.68. The van der Waals surface area contributed by atoms with Crippen molar-refractivity contribution in [3.63, 3.8) is 0 Å². The van der Waals surface area contributed by atoms with E-state index >= 15 is 0 Å². The van der Waals surface area contributed by atoms with Gasteiger partial charge in [0.25, 0.3) is 0 Å². The van der Waals surface area contributed by atoms with E-state index < -0.39 is 31.1 Å². The van der Waals surface area contributed by atoms with E-state index in [0.29, 0.717) is 5.46 Å². The zero-order valence-corrected chi connectivity index (χ0v) is 12.3. The van der Waals surface area contributed by atoms with Gasteiger partial charge in [0.1, 0.15) is 0 Å². The van der Waals surface area contributed by atoms with Gasteiger partial charge in [0.15, 0.2) is 6.61 Å². The minimum absolute atomic E-state index is 0.112. The number of nitrogens with zero attached hydrogens (tertiary/aromatic N) is 1. The molecule has 0 unspecified atom stereocenters. The SMILES string of the molecule is CC1(C)OB(c2ccnc(OCC(F)(F)F)c2)OC1(C)C. The Bertz CT molecular complexity index is 504. The summed E-state index contributed by atoms with van der Waals surface area (Å²) in [5, 5.41) is 0. The minimum Gasteiger partial charge on any atom is -0.468 e. The van der Waals surface area contributed by atoms with Crippen LogP contribution in [0, 0.1) is 0 Å². The Morgan fingerprint density at radius 1 is 1.19 bits per heavy atom. The Labute approximate surface area is 121 Å². The number of hydrogen-bond acceptors (Lipinski definition) is 4. The van der Waals surface area contributed by atoms with Crippen LogP contribution in [0.15, 0.2) is 18.3 Å². The smallest absolute Gasteiger partial charge is 0.468 e. The lowest BCUT2D eigenvalue weighted by Crippen LogP contribution is -2.41. The van der Waals surface area contributed by atoms with Crippen LogP contribution in [-0.2, 0) is 9.31 Å². The third-order valence-electron chi connectivity index (χ3n) is 3.67. The highest BCUT2D eigenvalue weighted by atomic mass is 19.4. The van der Waals surface area contributed by atoms with Crippen LogP contribution in [0.1, 0.15) is 27.7 Å². The van der Waals surface area contributed by atoms with Gasteiger partial charge in [-0.3, -0.25) is 0 Å². The molecule has 1 saturated heterocycles. The van der Waals surface area contributed by atoms with Gasteiger partial charge >= 0.3 is 13.3 Å². The topological polar surface area (TPSA) is 40.6 Å². The molecule has 1 aliphatic rings. The molecule has 0 saturated carbocycles. The largest absolute Gasteiger partial charge is 0.495 e. The highest BCUT2D eigenvalue weighted by Gasteiger charge is 2.51. The van der Waals surface area contributed by atoms with Gasteiger partial charge in [-0.2, -0.15) is 13.2 Å². The third-order valence-corrected chi connectivity index (χ3v) is 3.67. The molecular formula is C13H17BF3NO3. The highest BCUT2D eigenvalue weighted by molar-refractivity contribution is 6.62. The van der Waals surface area contributed by atoms with Gasteiger partial charge in [0, 0.05) is 12.3 Å². The molecule has 0 aromatic carbocycles. The average Bonchev–Trinajstić information content (AvgIpc) is 2.56. The number of hydrogen-bond donors (Lipinski definition) is 0. The molecule has 1 fully saturated rings. The summed E-state index contributed by atoms with van der Waals surface area (Å²) in [5.74, 6) is -0.112. The van der Waals surface area contributed by atoms with Crippen molar-refractivity contribution in [1.82, 2.24) is 4.98 Å². The minimum atomic E-state index is -4.40. The molecule has 0 amide bonds. The number of halogens is 3. The van der Waals surface area contributed by atoms with Crippen molar-refractivity contribution in [2.24, 2.45) is 0 Å². The van der Waals surface area contributed by atoms with Gasteiger partial charge in [0.2, 0.25) is 5.88 Å². The Kier molecular flexibility index (Phi) is 3.97. The number of aromatic nitrogens is 1. The number of rotatable bonds is 3. The second-order valence-electron chi connectivity index (χ2n) is 5.92. The zero-order valence-electron chi connectivity index (χ0n) is 12.3. The second kappa shape index (κ2) is 5.17. The van der Waals surface area contributed by atoms with Gasteiger partial charge in [-0.05, 0) is 39.2 Å². The summed E-state index contributed by atoms with van der Waals surface area (Å²) in [6.45, 7) is 6.21. The fourth-order valence-electron chi connectivity index (χ4n) is 1.79. The monoisotopic (exact) mass is 303 g/mol. The van der Waals surface area contributed by atoms with Crippen LogP contribution < -0.4 is 10.2 Å². The molecular weight excluding hydrogens is 286 g/mol. The summed E-state index contributed by atoms with van der Waals surface area (Å²) in [4.78, 5) is 3.75. The summed E-state index contributed by atoms with van der Waals surface area (Å²) in [7, 11) is -0.661. The van der Waals surface area contributed by atoms with Crippen LogP contribution in [0.25, 0.3) is 0 Å². The molecule has 0 radical (unpaired) electrons. The lowest BCUT2D eigenvalue weighted by atomic mass is 9.80. The van der Waals surface area contributed by atoms with E-state index in [-0.39, 0.29) is 5.88 Å². The Hall–Kier alpha value is -1.28. The molecule has 116 valence electrons. The van der Waals surface area contributed by atoms with E-state index in [1.54, 1.807) is 6.07 Å². The first kappa shape index (κ1) is 16.1. The predicted octanol–water partition coefficient (Wildman–Crippen LogP) is 2.32. The molecule has 4 nitrogen and oxygen atoms in total. The lowest BCUT2D eigenvalue weighted by molar-refractivity contribution is -0.154. The standard InChI is InChI=1S/C13H17BF3NO3/c1-11(2)12(3,4)21-14(20-11)9-5-6-18-10(7-9)19-8-13(15,16)17/h5-7H,8H2,1-4H3. The average molecular weight is 303 g/mol. The van der Waals surface area contributed by atoms with Crippen LogP contribution in [0.5, 0.6) is 5.88 Å². The van der Waals surface area contributed by atoms with Crippen LogP contribution >= 0.6 is 0 Å². The number of alkyl halides is 3. The van der Waals surface area contributed by atoms with E-state index in [0.717, 1.165) is 0 Å². The van der Waals surface area contributed by atoms with Gasteiger partial charge in [0.05, 0.1) is 11.2 Å². The van der Waals surface area contributed by atoms with Crippen molar-refractivity contribution in [3.8, 4) is 5.88 Å². The van der Waals surface area contributed by atoms with E-state index in [1.165, 1.54) is 12.3 Å². The molecule has 1 aromatic rings. The summed E-state index contributed by atoms with van der Waals surface area (Å²) < 4.78 is 52.7. The van der Waals surface area contributed by atoms with Crippen molar-refractivity contribution < 1.29 is 27.2 Å². The van der Waals surface area contributed by atoms with Gasteiger partial charge in [-0.15, -0.1) is 0 Å². The van der Waals surface area contributed by atoms with E-state index in [1.807, 2.05) is 27.7 Å². The van der Waals surface area contributed by atoms with Crippen molar-refractivity contribution >= 4 is 12.6 Å². The van der Waals surface area contributed by atoms with Crippen LogP contribution in [0.3, 0.4) is 0 Å². The fourth-order valence-corrected chi connectivity index (χ4v) is 1.79. The van der Waals surface area contributed by atoms with Crippen LogP contribution in [0.2, 0.25) is 0 Å². The normalized spacial score (nSPS) is 20.6. The van der Waals surface area contributed by atoms with Crippen LogP contribution in [-0.4, -0.2) is 36.1 Å². The zero-order chi connectivity index (χ0) is 15.9. The molecule has 8 heteroatoms. The molecule has 0 bridgehead atoms. The van der Waals surface area contributed by atoms with Gasteiger partial charge in [-0.1, -0.05) is 0 Å². The molecule has 21 heavy (non-hydrogen) atoms. The predicted molar refractivity (Wildman–Crippen MR) is 71.5 cm³/mol. The Morgan fingerprint density at radius 2 is 1.76 bits per heavy atom. The first-order chi connectivity index (χ1) is 9.50. The summed E-state index contributed by atoms with van der Waals surface area (Å²) >= 11 is 0. The van der Waals surface area contributed by atoms with Gasteiger partial charge < -0.3 is 14.0 Å². The highest BCUT2D eigenvalue weighted by Crippen LogP contribution is 2.36. The van der Waals surface area contributed by atoms with Crippen molar-refractivity contribution in [2.45, 2.75) is 45.1 Å². The maximum absolute atomic E-state index is 12.1. The first-order valence-electron chi connectivity index (χ1n) is 6.51. The van der Waals surface area contributed by atoms with Crippen molar-refractivity contribution in [3.05, 3.63) is 18.3 Å². The molecule has 2 heterocycles. The summed E-state index contributed by atoms with van der Waals surface area (Å²) in [5.41, 5.74) is -0.470. The maximum Gasteiger partial charge on any atom is 0.495 e. The van der Waals surface area contributed by atoms with Crippen LogP contribution in [0.4, 0.5) is 13.2 Å². The fraction of sp³-hybridized carbons (Fsp3) is 0.615.